The molecule has 0 bridgehead atoms. The molecule has 0 radical (unpaired) electrons. The van der Waals surface area contributed by atoms with E-state index >= 15 is 0 Å². The van der Waals surface area contributed by atoms with Crippen LogP contribution in [0.5, 0.6) is 0 Å². The van der Waals surface area contributed by atoms with E-state index in [1.165, 1.54) is 12.1 Å². The Kier molecular flexibility index (Phi) is 6.16. The summed E-state index contributed by atoms with van der Waals surface area (Å²) in [7, 11) is -4.19. The smallest absolute Gasteiger partial charge is 0.244 e. The lowest BCUT2D eigenvalue weighted by Crippen LogP contribution is -2.47. The maximum absolute atomic E-state index is 13.8. The quantitative estimate of drug-likeness (QED) is 0.801. The second-order valence-corrected chi connectivity index (χ2v) is 7.89. The molecule has 0 aromatic heterocycles. The molecule has 0 heterocycles. The van der Waals surface area contributed by atoms with E-state index in [4.69, 9.17) is 11.6 Å². The fourth-order valence-corrected chi connectivity index (χ4v) is 3.79. The first-order valence-electron chi connectivity index (χ1n) is 7.54. The summed E-state index contributed by atoms with van der Waals surface area (Å²) >= 11 is 5.87. The third kappa shape index (κ3) is 5.01. The summed E-state index contributed by atoms with van der Waals surface area (Å²) in [5.41, 5.74) is 0.438. The van der Waals surface area contributed by atoms with Crippen LogP contribution in [0, 0.1) is 11.7 Å². The van der Waals surface area contributed by atoms with Crippen molar-refractivity contribution in [2.45, 2.75) is 24.8 Å². The molecule has 2 rings (SSSR count). The molecule has 2 N–H and O–H groups in total. The number of nitrogens with one attached hydrogen (secondary N) is 2. The molecular weight excluding hydrogens is 367 g/mol. The Morgan fingerprint density at radius 2 is 1.80 bits per heavy atom. The molecule has 0 aliphatic carbocycles. The molecule has 0 fully saturated rings. The Morgan fingerprint density at radius 3 is 2.40 bits per heavy atom. The minimum atomic E-state index is -4.19. The van der Waals surface area contributed by atoms with Crippen molar-refractivity contribution in [2.75, 3.05) is 5.32 Å². The molecule has 5 nitrogen and oxygen atoms in total. The van der Waals surface area contributed by atoms with Gasteiger partial charge in [-0.05, 0) is 36.2 Å². The zero-order valence-electron chi connectivity index (χ0n) is 13.7. The van der Waals surface area contributed by atoms with Crippen molar-refractivity contribution in [2.24, 2.45) is 5.92 Å². The van der Waals surface area contributed by atoms with Crippen LogP contribution in [-0.2, 0) is 14.8 Å². The fourth-order valence-electron chi connectivity index (χ4n) is 2.17. The molecule has 1 amide bonds. The molecular formula is C17H18ClFN2O3S. The molecule has 0 aliphatic heterocycles. The molecule has 2 aromatic rings. The predicted octanol–water partition coefficient (Wildman–Crippen LogP) is 3.42. The lowest BCUT2D eigenvalue weighted by molar-refractivity contribution is -0.118. The number of hydrogen-bond donors (Lipinski definition) is 2. The lowest BCUT2D eigenvalue weighted by Gasteiger charge is -2.22. The second kappa shape index (κ2) is 7.95. The van der Waals surface area contributed by atoms with Crippen molar-refractivity contribution in [3.8, 4) is 0 Å². The fraction of sp³-hybridized carbons (Fsp3) is 0.235. The van der Waals surface area contributed by atoms with Gasteiger partial charge in [-0.15, -0.1) is 0 Å². The lowest BCUT2D eigenvalue weighted by atomic mass is 10.0. The van der Waals surface area contributed by atoms with E-state index in [0.29, 0.717) is 10.7 Å². The Balaban J connectivity index is 2.23. The van der Waals surface area contributed by atoms with Crippen molar-refractivity contribution >= 4 is 33.2 Å². The van der Waals surface area contributed by atoms with E-state index in [2.05, 4.69) is 10.0 Å². The van der Waals surface area contributed by atoms with Crippen molar-refractivity contribution in [1.29, 1.82) is 0 Å². The molecule has 0 saturated carbocycles. The van der Waals surface area contributed by atoms with Crippen LogP contribution in [0.3, 0.4) is 0 Å². The van der Waals surface area contributed by atoms with Crippen LogP contribution >= 0.6 is 11.6 Å². The van der Waals surface area contributed by atoms with Crippen molar-refractivity contribution in [3.05, 3.63) is 59.4 Å². The van der Waals surface area contributed by atoms with E-state index in [9.17, 15) is 17.6 Å². The van der Waals surface area contributed by atoms with Crippen molar-refractivity contribution in [1.82, 2.24) is 4.72 Å². The molecule has 0 aliphatic rings. The van der Waals surface area contributed by atoms with E-state index in [0.717, 1.165) is 12.1 Å². The second-order valence-electron chi connectivity index (χ2n) is 5.77. The SMILES string of the molecule is CC(C)C(NS(=O)(=O)c1ccccc1F)C(=O)Nc1cccc(Cl)c1. The highest BCUT2D eigenvalue weighted by atomic mass is 35.5. The number of halogens is 2. The topological polar surface area (TPSA) is 75.3 Å². The Hall–Kier alpha value is -1.96. The minimum Gasteiger partial charge on any atom is -0.325 e. The van der Waals surface area contributed by atoms with Gasteiger partial charge in [0, 0.05) is 10.7 Å². The van der Waals surface area contributed by atoms with Gasteiger partial charge in [-0.25, -0.2) is 12.8 Å². The average molecular weight is 385 g/mol. The van der Waals surface area contributed by atoms with Gasteiger partial charge in [0.15, 0.2) is 0 Å². The first-order valence-corrected chi connectivity index (χ1v) is 9.40. The van der Waals surface area contributed by atoms with E-state index in [1.807, 2.05) is 0 Å². The molecule has 8 heteroatoms. The number of carbonyl (C=O) groups is 1. The maximum atomic E-state index is 13.8. The molecule has 1 unspecified atom stereocenters. The van der Waals surface area contributed by atoms with Crippen LogP contribution in [-0.4, -0.2) is 20.4 Å². The Labute approximate surface area is 151 Å². The van der Waals surface area contributed by atoms with E-state index < -0.39 is 32.7 Å². The molecule has 1 atom stereocenters. The van der Waals surface area contributed by atoms with Gasteiger partial charge in [-0.2, -0.15) is 4.72 Å². The summed E-state index contributed by atoms with van der Waals surface area (Å²) in [4.78, 5) is 12.0. The first kappa shape index (κ1) is 19.4. The van der Waals surface area contributed by atoms with E-state index in [-0.39, 0.29) is 5.92 Å². The first-order chi connectivity index (χ1) is 11.7. The average Bonchev–Trinajstić information content (AvgIpc) is 2.52. The van der Waals surface area contributed by atoms with Crippen LogP contribution in [0.1, 0.15) is 13.8 Å². The molecule has 134 valence electrons. The van der Waals surface area contributed by atoms with Crippen molar-refractivity contribution < 1.29 is 17.6 Å². The number of benzene rings is 2. The third-order valence-electron chi connectivity index (χ3n) is 3.45. The van der Waals surface area contributed by atoms with Gasteiger partial charge in [0.05, 0.1) is 0 Å². The number of anilines is 1. The third-order valence-corrected chi connectivity index (χ3v) is 5.16. The van der Waals surface area contributed by atoms with Crippen LogP contribution in [0.25, 0.3) is 0 Å². The highest BCUT2D eigenvalue weighted by molar-refractivity contribution is 7.89. The summed E-state index contributed by atoms with van der Waals surface area (Å²) < 4.78 is 40.9. The van der Waals surface area contributed by atoms with Crippen LogP contribution in [0.15, 0.2) is 53.4 Å². The predicted molar refractivity (Wildman–Crippen MR) is 95.4 cm³/mol. The van der Waals surface area contributed by atoms with Gasteiger partial charge in [0.1, 0.15) is 16.8 Å². The van der Waals surface area contributed by atoms with E-state index in [1.54, 1.807) is 38.1 Å². The van der Waals surface area contributed by atoms with Crippen molar-refractivity contribution in [3.63, 3.8) is 0 Å². The molecule has 0 spiro atoms. The maximum Gasteiger partial charge on any atom is 0.244 e. The summed E-state index contributed by atoms with van der Waals surface area (Å²) in [6.07, 6.45) is 0. The van der Waals surface area contributed by atoms with Gasteiger partial charge in [0.25, 0.3) is 0 Å². The zero-order chi connectivity index (χ0) is 18.6. The highest BCUT2D eigenvalue weighted by Gasteiger charge is 2.29. The number of amides is 1. The monoisotopic (exact) mass is 384 g/mol. The number of carbonyl (C=O) groups excluding carboxylic acids is 1. The van der Waals surface area contributed by atoms with Gasteiger partial charge in [0.2, 0.25) is 15.9 Å². The summed E-state index contributed by atoms with van der Waals surface area (Å²) in [6, 6.07) is 10.4. The normalized spacial score (nSPS) is 12.8. The molecule has 0 saturated heterocycles. The standard InChI is InChI=1S/C17H18ClFN2O3S/c1-11(2)16(17(22)20-13-7-5-6-12(18)10-13)21-25(23,24)15-9-4-3-8-14(15)19/h3-11,16,21H,1-2H3,(H,20,22). The van der Waals surface area contributed by atoms with Gasteiger partial charge < -0.3 is 5.32 Å². The highest BCUT2D eigenvalue weighted by Crippen LogP contribution is 2.18. The summed E-state index contributed by atoms with van der Waals surface area (Å²) in [5, 5.41) is 3.04. The number of hydrogen-bond acceptors (Lipinski definition) is 3. The number of rotatable bonds is 6. The molecule has 25 heavy (non-hydrogen) atoms. The summed E-state index contributed by atoms with van der Waals surface area (Å²) in [6.45, 7) is 3.37. The zero-order valence-corrected chi connectivity index (χ0v) is 15.2. The summed E-state index contributed by atoms with van der Waals surface area (Å²) in [5.74, 6) is -1.80. The van der Waals surface area contributed by atoms with Crippen LogP contribution in [0.2, 0.25) is 5.02 Å². The largest absolute Gasteiger partial charge is 0.325 e. The van der Waals surface area contributed by atoms with Crippen LogP contribution in [0.4, 0.5) is 10.1 Å². The van der Waals surface area contributed by atoms with Gasteiger partial charge in [-0.3, -0.25) is 4.79 Å². The van der Waals surface area contributed by atoms with Gasteiger partial charge >= 0.3 is 0 Å². The van der Waals surface area contributed by atoms with Crippen LogP contribution < -0.4 is 10.0 Å². The van der Waals surface area contributed by atoms with Gasteiger partial charge in [-0.1, -0.05) is 43.6 Å². The number of sulfonamides is 1. The Morgan fingerprint density at radius 1 is 1.12 bits per heavy atom. The molecule has 2 aromatic carbocycles. The Bertz CT molecular complexity index is 872. The minimum absolute atomic E-state index is 0.360.